The molecule has 22 heavy (non-hydrogen) atoms. The van der Waals surface area contributed by atoms with Crippen LogP contribution in [0.1, 0.15) is 22.1 Å². The fourth-order valence-electron chi connectivity index (χ4n) is 1.82. The molecule has 0 radical (unpaired) electrons. The smallest absolute Gasteiger partial charge is 0.333 e. The molecule has 2 aromatic rings. The molecule has 0 aliphatic rings. The Labute approximate surface area is 129 Å². The fraction of sp³-hybridized carbons (Fsp3) is 0.143. The van der Waals surface area contributed by atoms with E-state index in [1.54, 1.807) is 0 Å². The SMILES string of the molecule is COC(=O)[C@@H](NC(=O)c1cc(Cl)c[nH]1)c1ccc(F)cc1F. The van der Waals surface area contributed by atoms with Gasteiger partial charge < -0.3 is 15.0 Å². The number of hydrogen-bond acceptors (Lipinski definition) is 3. The van der Waals surface area contributed by atoms with Gasteiger partial charge in [-0.2, -0.15) is 0 Å². The van der Waals surface area contributed by atoms with E-state index in [4.69, 9.17) is 11.6 Å². The molecule has 116 valence electrons. The summed E-state index contributed by atoms with van der Waals surface area (Å²) in [6.45, 7) is 0. The summed E-state index contributed by atoms with van der Waals surface area (Å²) in [4.78, 5) is 26.4. The number of carbonyl (C=O) groups is 2. The summed E-state index contributed by atoms with van der Waals surface area (Å²) in [7, 11) is 1.09. The van der Waals surface area contributed by atoms with Crippen LogP contribution in [0.15, 0.2) is 30.5 Å². The summed E-state index contributed by atoms with van der Waals surface area (Å²) in [5.41, 5.74) is -0.124. The maximum atomic E-state index is 13.8. The second-order valence-corrected chi connectivity index (χ2v) is 4.76. The molecule has 0 saturated heterocycles. The van der Waals surface area contributed by atoms with Gasteiger partial charge in [0, 0.05) is 17.8 Å². The Balaban J connectivity index is 2.30. The third kappa shape index (κ3) is 3.43. The van der Waals surface area contributed by atoms with E-state index in [2.05, 4.69) is 15.0 Å². The number of esters is 1. The summed E-state index contributed by atoms with van der Waals surface area (Å²) in [6.07, 6.45) is 1.38. The van der Waals surface area contributed by atoms with E-state index in [9.17, 15) is 18.4 Å². The Hall–Kier alpha value is -2.41. The predicted molar refractivity (Wildman–Crippen MR) is 74.4 cm³/mol. The summed E-state index contributed by atoms with van der Waals surface area (Å²) in [6, 6.07) is 2.58. The number of nitrogens with one attached hydrogen (secondary N) is 2. The number of amides is 1. The van der Waals surface area contributed by atoms with Crippen LogP contribution in [0.5, 0.6) is 0 Å². The molecule has 0 spiro atoms. The largest absolute Gasteiger partial charge is 0.467 e. The second kappa shape index (κ2) is 6.57. The highest BCUT2D eigenvalue weighted by atomic mass is 35.5. The van der Waals surface area contributed by atoms with Gasteiger partial charge in [-0.3, -0.25) is 4.79 Å². The Bertz CT molecular complexity index is 718. The number of carbonyl (C=O) groups excluding carboxylic acids is 2. The molecule has 0 aliphatic heterocycles. The van der Waals surface area contributed by atoms with Gasteiger partial charge in [-0.15, -0.1) is 0 Å². The highest BCUT2D eigenvalue weighted by Gasteiger charge is 2.27. The van der Waals surface area contributed by atoms with Crippen LogP contribution in [0, 0.1) is 11.6 Å². The lowest BCUT2D eigenvalue weighted by atomic mass is 10.1. The molecule has 1 heterocycles. The average molecular weight is 329 g/mol. The van der Waals surface area contributed by atoms with Gasteiger partial charge in [0.25, 0.3) is 5.91 Å². The lowest BCUT2D eigenvalue weighted by Crippen LogP contribution is -2.35. The van der Waals surface area contributed by atoms with Gasteiger partial charge >= 0.3 is 5.97 Å². The quantitative estimate of drug-likeness (QED) is 0.847. The van der Waals surface area contributed by atoms with Crippen molar-refractivity contribution in [3.8, 4) is 0 Å². The third-order valence-corrected chi connectivity index (χ3v) is 3.10. The van der Waals surface area contributed by atoms with E-state index in [1.165, 1.54) is 12.3 Å². The molecular formula is C14H11ClF2N2O3. The summed E-state index contributed by atoms with van der Waals surface area (Å²) < 4.78 is 31.3. The van der Waals surface area contributed by atoms with Gasteiger partial charge in [0.1, 0.15) is 17.3 Å². The number of ether oxygens (including phenoxy) is 1. The first kappa shape index (κ1) is 16.0. The Morgan fingerprint density at radius 3 is 2.59 bits per heavy atom. The highest BCUT2D eigenvalue weighted by Crippen LogP contribution is 2.20. The van der Waals surface area contributed by atoms with Crippen LogP contribution in [0.4, 0.5) is 8.78 Å². The van der Waals surface area contributed by atoms with E-state index in [-0.39, 0.29) is 11.3 Å². The van der Waals surface area contributed by atoms with E-state index in [1.807, 2.05) is 0 Å². The van der Waals surface area contributed by atoms with Crippen LogP contribution < -0.4 is 5.32 Å². The van der Waals surface area contributed by atoms with Crippen molar-refractivity contribution in [2.45, 2.75) is 6.04 Å². The van der Waals surface area contributed by atoms with E-state index >= 15 is 0 Å². The molecule has 5 nitrogen and oxygen atoms in total. The maximum Gasteiger partial charge on any atom is 0.333 e. The van der Waals surface area contributed by atoms with Gasteiger partial charge in [-0.1, -0.05) is 17.7 Å². The molecular weight excluding hydrogens is 318 g/mol. The van der Waals surface area contributed by atoms with Crippen molar-refractivity contribution in [2.24, 2.45) is 0 Å². The zero-order valence-corrected chi connectivity index (χ0v) is 12.1. The number of aromatic nitrogens is 1. The molecule has 1 aromatic heterocycles. The van der Waals surface area contributed by atoms with Crippen LogP contribution in [0.25, 0.3) is 0 Å². The molecule has 1 amide bonds. The zero-order valence-electron chi connectivity index (χ0n) is 11.3. The lowest BCUT2D eigenvalue weighted by molar-refractivity contribution is -0.143. The number of hydrogen-bond donors (Lipinski definition) is 2. The average Bonchev–Trinajstić information content (AvgIpc) is 2.91. The number of benzene rings is 1. The highest BCUT2D eigenvalue weighted by molar-refractivity contribution is 6.31. The summed E-state index contributed by atoms with van der Waals surface area (Å²) in [5.74, 6) is -3.35. The van der Waals surface area contributed by atoms with Crippen LogP contribution in [-0.4, -0.2) is 24.0 Å². The molecule has 0 fully saturated rings. The van der Waals surface area contributed by atoms with Crippen molar-refractivity contribution in [3.05, 3.63) is 58.4 Å². The van der Waals surface area contributed by atoms with Crippen molar-refractivity contribution < 1.29 is 23.1 Å². The Kier molecular flexibility index (Phi) is 4.77. The number of aromatic amines is 1. The molecule has 0 aliphatic carbocycles. The number of halogens is 3. The first-order valence-corrected chi connectivity index (χ1v) is 6.47. The molecule has 0 bridgehead atoms. The summed E-state index contributed by atoms with van der Waals surface area (Å²) in [5, 5.41) is 2.61. The monoisotopic (exact) mass is 328 g/mol. The topological polar surface area (TPSA) is 71.2 Å². The van der Waals surface area contributed by atoms with Crippen LogP contribution >= 0.6 is 11.6 Å². The van der Waals surface area contributed by atoms with Crippen LogP contribution in [-0.2, 0) is 9.53 Å². The van der Waals surface area contributed by atoms with Crippen molar-refractivity contribution >= 4 is 23.5 Å². The first-order chi connectivity index (χ1) is 10.4. The van der Waals surface area contributed by atoms with Crippen molar-refractivity contribution in [1.29, 1.82) is 0 Å². The van der Waals surface area contributed by atoms with Crippen molar-refractivity contribution in [3.63, 3.8) is 0 Å². The molecule has 1 aromatic carbocycles. The van der Waals surface area contributed by atoms with E-state index in [0.717, 1.165) is 19.2 Å². The number of H-pyrrole nitrogens is 1. The number of rotatable bonds is 4. The van der Waals surface area contributed by atoms with Gasteiger partial charge in [-0.25, -0.2) is 13.6 Å². The van der Waals surface area contributed by atoms with Crippen molar-refractivity contribution in [1.82, 2.24) is 10.3 Å². The van der Waals surface area contributed by atoms with E-state index in [0.29, 0.717) is 11.1 Å². The van der Waals surface area contributed by atoms with Gasteiger partial charge in [0.2, 0.25) is 0 Å². The van der Waals surface area contributed by atoms with Gasteiger partial charge in [-0.05, 0) is 12.1 Å². The minimum absolute atomic E-state index is 0.0847. The Morgan fingerprint density at radius 1 is 1.32 bits per heavy atom. The molecule has 2 N–H and O–H groups in total. The minimum Gasteiger partial charge on any atom is -0.467 e. The maximum absolute atomic E-state index is 13.8. The normalized spacial score (nSPS) is 11.8. The predicted octanol–water partition coefficient (Wildman–Crippen LogP) is 2.59. The lowest BCUT2D eigenvalue weighted by Gasteiger charge is -2.17. The second-order valence-electron chi connectivity index (χ2n) is 4.33. The van der Waals surface area contributed by atoms with Crippen LogP contribution in [0.2, 0.25) is 5.02 Å². The summed E-state index contributed by atoms with van der Waals surface area (Å²) >= 11 is 5.69. The zero-order chi connectivity index (χ0) is 16.3. The van der Waals surface area contributed by atoms with Gasteiger partial charge in [0.15, 0.2) is 6.04 Å². The third-order valence-electron chi connectivity index (χ3n) is 2.88. The molecule has 1 atom stereocenters. The van der Waals surface area contributed by atoms with Gasteiger partial charge in [0.05, 0.1) is 12.1 Å². The molecule has 8 heteroatoms. The Morgan fingerprint density at radius 2 is 2.05 bits per heavy atom. The molecule has 2 rings (SSSR count). The first-order valence-electron chi connectivity index (χ1n) is 6.10. The minimum atomic E-state index is -1.42. The molecule has 0 saturated carbocycles. The van der Waals surface area contributed by atoms with Crippen LogP contribution in [0.3, 0.4) is 0 Å². The number of methoxy groups -OCH3 is 1. The van der Waals surface area contributed by atoms with E-state index < -0.39 is 29.6 Å². The molecule has 0 unspecified atom stereocenters. The fourth-order valence-corrected chi connectivity index (χ4v) is 1.99. The standard InChI is InChI=1S/C14H11ClF2N2O3/c1-22-14(21)12(9-3-2-8(16)5-10(9)17)19-13(20)11-4-7(15)6-18-11/h2-6,12,18H,1H3,(H,19,20)/t12-/m0/s1. The van der Waals surface area contributed by atoms with Crippen molar-refractivity contribution in [2.75, 3.05) is 7.11 Å².